The number of nitrogens with one attached hydrogen (secondary N) is 1. The highest BCUT2D eigenvalue weighted by molar-refractivity contribution is 5.95. The van der Waals surface area contributed by atoms with Gasteiger partial charge in [-0.15, -0.1) is 0 Å². The molecule has 0 spiro atoms. The molecule has 1 saturated carbocycles. The molecule has 3 rings (SSSR count). The predicted octanol–water partition coefficient (Wildman–Crippen LogP) is 2.63. The third kappa shape index (κ3) is 5.16. The first-order valence-electron chi connectivity index (χ1n) is 10.2. The van der Waals surface area contributed by atoms with Crippen molar-refractivity contribution < 1.29 is 9.53 Å². The highest BCUT2D eigenvalue weighted by Gasteiger charge is 2.47. The van der Waals surface area contributed by atoms with E-state index in [9.17, 15) is 4.79 Å². The number of rotatable bonds is 8. The molecule has 3 atom stereocenters. The molecule has 1 saturated heterocycles. The number of carbonyl (C=O) groups excluding carboxylic acids is 1. The number of aryl methyl sites for hydroxylation is 1. The van der Waals surface area contributed by atoms with Crippen LogP contribution in [0.4, 0.5) is 0 Å². The molecular weight excluding hydrogens is 366 g/mol. The van der Waals surface area contributed by atoms with Gasteiger partial charge >= 0.3 is 0 Å². The van der Waals surface area contributed by atoms with Crippen LogP contribution in [0.15, 0.2) is 41.3 Å². The summed E-state index contributed by atoms with van der Waals surface area (Å²) in [6.45, 7) is 11.5. The van der Waals surface area contributed by atoms with Gasteiger partial charge in [-0.1, -0.05) is 6.58 Å². The number of ether oxygens (including phenoxy) is 1. The van der Waals surface area contributed by atoms with E-state index in [1.54, 1.807) is 6.21 Å². The molecule has 3 N–H and O–H groups in total. The Morgan fingerprint density at radius 1 is 1.45 bits per heavy atom. The van der Waals surface area contributed by atoms with E-state index in [4.69, 9.17) is 10.5 Å². The molecule has 7 heteroatoms. The Morgan fingerprint density at radius 3 is 2.97 bits per heavy atom. The molecule has 2 heterocycles. The minimum atomic E-state index is -0.0645. The lowest BCUT2D eigenvalue weighted by molar-refractivity contribution is 0.0592. The third-order valence-corrected chi connectivity index (χ3v) is 5.51. The van der Waals surface area contributed by atoms with Gasteiger partial charge < -0.3 is 20.7 Å². The van der Waals surface area contributed by atoms with E-state index in [2.05, 4.69) is 21.9 Å². The van der Waals surface area contributed by atoms with Crippen LogP contribution >= 0.6 is 0 Å². The van der Waals surface area contributed by atoms with Gasteiger partial charge in [0.2, 0.25) is 0 Å². The first kappa shape index (κ1) is 20.9. The van der Waals surface area contributed by atoms with E-state index in [1.165, 1.54) is 12.6 Å². The Hall–Kier alpha value is -2.83. The number of aliphatic imine (C=N–C) groups is 1. The molecule has 2 aliphatic rings. The van der Waals surface area contributed by atoms with Crippen LogP contribution in [0.25, 0.3) is 0 Å². The maximum atomic E-state index is 13.4. The monoisotopic (exact) mass is 397 g/mol. The minimum absolute atomic E-state index is 0.0645. The Morgan fingerprint density at radius 2 is 2.24 bits per heavy atom. The fourth-order valence-corrected chi connectivity index (χ4v) is 3.75. The lowest BCUT2D eigenvalue weighted by atomic mass is 10.0. The van der Waals surface area contributed by atoms with E-state index in [0.29, 0.717) is 42.3 Å². The number of fused-ring (bicyclic) bond motifs is 1. The number of carbonyl (C=O) groups is 1. The van der Waals surface area contributed by atoms with Gasteiger partial charge in [-0.3, -0.25) is 4.79 Å². The summed E-state index contributed by atoms with van der Waals surface area (Å²) in [6.07, 6.45) is 5.34. The van der Waals surface area contributed by atoms with Crippen LogP contribution < -0.4 is 15.8 Å². The van der Waals surface area contributed by atoms with Gasteiger partial charge in [0.25, 0.3) is 5.91 Å². The van der Waals surface area contributed by atoms with Crippen LogP contribution in [-0.2, 0) is 0 Å². The second-order valence-electron chi connectivity index (χ2n) is 7.83. The molecular formula is C22H31N5O2. The molecule has 0 unspecified atom stereocenters. The molecule has 1 aromatic rings. The summed E-state index contributed by atoms with van der Waals surface area (Å²) in [5.74, 6) is 2.35. The van der Waals surface area contributed by atoms with Crippen molar-refractivity contribution in [3.8, 4) is 5.75 Å². The number of nitrogens with two attached hydrogens (primary N) is 1. The second kappa shape index (κ2) is 9.11. The number of allylic oxidation sites excluding steroid dienone is 1. The average molecular weight is 398 g/mol. The van der Waals surface area contributed by atoms with E-state index in [1.807, 2.05) is 37.8 Å². The topological polar surface area (TPSA) is 92.8 Å². The van der Waals surface area contributed by atoms with Crippen LogP contribution in [0.3, 0.4) is 0 Å². The first-order valence-corrected chi connectivity index (χ1v) is 10.2. The van der Waals surface area contributed by atoms with Gasteiger partial charge in [-0.2, -0.15) is 0 Å². The molecule has 156 valence electrons. The number of aromatic nitrogens is 1. The lowest BCUT2D eigenvalue weighted by Gasteiger charge is -2.35. The van der Waals surface area contributed by atoms with Gasteiger partial charge in [0, 0.05) is 31.0 Å². The van der Waals surface area contributed by atoms with E-state index in [-0.39, 0.29) is 11.9 Å². The number of hydrogen-bond donors (Lipinski definition) is 2. The van der Waals surface area contributed by atoms with Crippen molar-refractivity contribution in [2.75, 3.05) is 19.7 Å². The van der Waals surface area contributed by atoms with Gasteiger partial charge in [-0.05, 0) is 69.4 Å². The number of likely N-dealkylation sites (tertiary alicyclic amines) is 1. The largest absolute Gasteiger partial charge is 0.491 e. The number of pyridine rings is 1. The van der Waals surface area contributed by atoms with E-state index < -0.39 is 0 Å². The predicted molar refractivity (Wildman–Crippen MR) is 115 cm³/mol. The standard InChI is InChI=1S/C22H31N5O2/c1-5-29-20-7-6-15(3)26-21(20)22(28)27-13-18-8-17(18)9-19(27)12-25-16(4)24-11-14(2)10-23/h6-7,10-11,17-19,25H,4-5,8-9,12-13,23H2,1-3H3/b14-10-,24-11?/t17-,18+,19+/m1/s1. The van der Waals surface area contributed by atoms with Crippen molar-refractivity contribution in [3.05, 3.63) is 47.7 Å². The number of hydrogen-bond acceptors (Lipinski definition) is 6. The number of nitrogens with zero attached hydrogens (tertiary/aromatic N) is 3. The highest BCUT2D eigenvalue weighted by Crippen LogP contribution is 2.47. The smallest absolute Gasteiger partial charge is 0.276 e. The van der Waals surface area contributed by atoms with E-state index >= 15 is 0 Å². The zero-order valence-electron chi connectivity index (χ0n) is 17.5. The van der Waals surface area contributed by atoms with Crippen molar-refractivity contribution in [3.63, 3.8) is 0 Å². The molecule has 29 heavy (non-hydrogen) atoms. The van der Waals surface area contributed by atoms with Crippen LogP contribution in [0, 0.1) is 18.8 Å². The van der Waals surface area contributed by atoms with E-state index in [0.717, 1.165) is 24.2 Å². The summed E-state index contributed by atoms with van der Waals surface area (Å²) < 4.78 is 5.67. The summed E-state index contributed by atoms with van der Waals surface area (Å²) >= 11 is 0. The summed E-state index contributed by atoms with van der Waals surface area (Å²) in [5, 5.41) is 3.25. The third-order valence-electron chi connectivity index (χ3n) is 5.51. The summed E-state index contributed by atoms with van der Waals surface area (Å²) in [4.78, 5) is 24.1. The summed E-state index contributed by atoms with van der Waals surface area (Å²) in [5.41, 5.74) is 7.52. The molecule has 0 bridgehead atoms. The maximum Gasteiger partial charge on any atom is 0.276 e. The van der Waals surface area contributed by atoms with Crippen LogP contribution in [-0.4, -0.2) is 47.7 Å². The van der Waals surface area contributed by atoms with Crippen LogP contribution in [0.2, 0.25) is 0 Å². The Kier molecular flexibility index (Phi) is 6.56. The fraction of sp³-hybridized carbons (Fsp3) is 0.500. The summed E-state index contributed by atoms with van der Waals surface area (Å²) in [7, 11) is 0. The van der Waals surface area contributed by atoms with Crippen molar-refractivity contribution in [1.29, 1.82) is 0 Å². The van der Waals surface area contributed by atoms with Crippen molar-refractivity contribution in [1.82, 2.24) is 15.2 Å². The minimum Gasteiger partial charge on any atom is -0.491 e. The summed E-state index contributed by atoms with van der Waals surface area (Å²) in [6, 6.07) is 3.77. The second-order valence-corrected chi connectivity index (χ2v) is 7.83. The van der Waals surface area contributed by atoms with Crippen LogP contribution in [0.5, 0.6) is 5.75 Å². The van der Waals surface area contributed by atoms with Crippen molar-refractivity contribution in [2.45, 2.75) is 39.7 Å². The maximum absolute atomic E-state index is 13.4. The van der Waals surface area contributed by atoms with Gasteiger partial charge in [0.05, 0.1) is 6.61 Å². The highest BCUT2D eigenvalue weighted by atomic mass is 16.5. The zero-order chi connectivity index (χ0) is 21.0. The van der Waals surface area contributed by atoms with Crippen LogP contribution in [0.1, 0.15) is 42.9 Å². The van der Waals surface area contributed by atoms with Crippen molar-refractivity contribution >= 4 is 12.1 Å². The molecule has 1 aliphatic carbocycles. The molecule has 7 nitrogen and oxygen atoms in total. The normalized spacial score (nSPS) is 23.6. The van der Waals surface area contributed by atoms with Crippen molar-refractivity contribution in [2.24, 2.45) is 22.6 Å². The Labute approximate surface area is 172 Å². The molecule has 1 amide bonds. The molecule has 2 fully saturated rings. The Bertz CT molecular complexity index is 832. The molecule has 0 aromatic carbocycles. The fourth-order valence-electron chi connectivity index (χ4n) is 3.75. The van der Waals surface area contributed by atoms with Gasteiger partial charge in [0.15, 0.2) is 11.4 Å². The molecule has 0 radical (unpaired) electrons. The van der Waals surface area contributed by atoms with Gasteiger partial charge in [0.1, 0.15) is 5.82 Å². The molecule has 1 aliphatic heterocycles. The number of piperidine rings is 1. The SMILES string of the molecule is C=C(N=C/C(C)=C\N)NC[C@@H]1C[C@H]2C[C@H]2CN1C(=O)c1nc(C)ccc1OCC. The Balaban J connectivity index is 1.73. The zero-order valence-corrected chi connectivity index (χ0v) is 17.5. The van der Waals surface area contributed by atoms with Gasteiger partial charge in [-0.25, -0.2) is 9.98 Å². The first-order chi connectivity index (χ1) is 13.9. The number of amides is 1. The molecule has 1 aromatic heterocycles. The lowest BCUT2D eigenvalue weighted by Crippen LogP contribution is -2.49. The average Bonchev–Trinajstić information content (AvgIpc) is 3.49. The quantitative estimate of drug-likeness (QED) is 0.658.